The molecule has 1 heterocycles. The summed E-state index contributed by atoms with van der Waals surface area (Å²) in [5.41, 5.74) is -0.199. The van der Waals surface area contributed by atoms with Gasteiger partial charge in [0.25, 0.3) is 0 Å². The van der Waals surface area contributed by atoms with Gasteiger partial charge in [-0.25, -0.2) is 0 Å². The molecule has 1 amide bonds. The zero-order chi connectivity index (χ0) is 12.0. The molecule has 1 N–H and O–H groups in total. The highest BCUT2D eigenvalue weighted by Crippen LogP contribution is 2.17. The fourth-order valence-electron chi connectivity index (χ4n) is 1.90. The van der Waals surface area contributed by atoms with Gasteiger partial charge in [-0.15, -0.1) is 11.6 Å². The first-order valence-electron chi connectivity index (χ1n) is 6.02. The van der Waals surface area contributed by atoms with Crippen molar-refractivity contribution in [3.05, 3.63) is 0 Å². The van der Waals surface area contributed by atoms with E-state index in [1.165, 1.54) is 0 Å². The van der Waals surface area contributed by atoms with Gasteiger partial charge in [-0.1, -0.05) is 0 Å². The molecule has 0 radical (unpaired) electrons. The summed E-state index contributed by atoms with van der Waals surface area (Å²) in [6.07, 6.45) is 4.70. The van der Waals surface area contributed by atoms with E-state index in [4.69, 9.17) is 16.3 Å². The second-order valence-electron chi connectivity index (χ2n) is 5.04. The second-order valence-corrected chi connectivity index (χ2v) is 5.42. The molecule has 1 rings (SSSR count). The van der Waals surface area contributed by atoms with Crippen molar-refractivity contribution in [3.8, 4) is 0 Å². The molecule has 4 heteroatoms. The number of hydrogen-bond acceptors (Lipinski definition) is 2. The van der Waals surface area contributed by atoms with Crippen LogP contribution in [-0.2, 0) is 9.53 Å². The fourth-order valence-corrected chi connectivity index (χ4v) is 2.38. The van der Waals surface area contributed by atoms with Crippen molar-refractivity contribution in [3.63, 3.8) is 0 Å². The van der Waals surface area contributed by atoms with Crippen molar-refractivity contribution in [1.29, 1.82) is 0 Å². The molecule has 0 bridgehead atoms. The van der Waals surface area contributed by atoms with Crippen molar-refractivity contribution < 1.29 is 9.53 Å². The summed E-state index contributed by atoms with van der Waals surface area (Å²) in [4.78, 5) is 11.7. The van der Waals surface area contributed by atoms with Gasteiger partial charge in [-0.2, -0.15) is 0 Å². The summed E-state index contributed by atoms with van der Waals surface area (Å²) >= 11 is 5.68. The van der Waals surface area contributed by atoms with Crippen LogP contribution in [0.5, 0.6) is 0 Å². The lowest BCUT2D eigenvalue weighted by atomic mass is 10.0. The Hall–Kier alpha value is -0.280. The van der Waals surface area contributed by atoms with E-state index in [1.54, 1.807) is 0 Å². The molecule has 1 aliphatic heterocycles. The smallest absolute Gasteiger partial charge is 0.220 e. The Morgan fingerprint density at radius 1 is 1.56 bits per heavy atom. The van der Waals surface area contributed by atoms with E-state index in [2.05, 4.69) is 5.32 Å². The van der Waals surface area contributed by atoms with Crippen LogP contribution in [0.3, 0.4) is 0 Å². The predicted octanol–water partition coefficient (Wildman–Crippen LogP) is 2.47. The van der Waals surface area contributed by atoms with Crippen LogP contribution in [0.25, 0.3) is 0 Å². The summed E-state index contributed by atoms with van der Waals surface area (Å²) < 4.78 is 5.48. The minimum atomic E-state index is -0.199. The van der Waals surface area contributed by atoms with Crippen LogP contribution in [0, 0.1) is 0 Å². The molecule has 94 valence electrons. The molecule has 1 fully saturated rings. The molecule has 1 unspecified atom stereocenters. The number of alkyl halides is 1. The SMILES string of the molecule is CC(C)(CCCl)NC(=O)CCC1CCCO1. The molecule has 0 aromatic heterocycles. The number of carbonyl (C=O) groups is 1. The number of halogens is 1. The summed E-state index contributed by atoms with van der Waals surface area (Å²) in [7, 11) is 0. The molecule has 3 nitrogen and oxygen atoms in total. The van der Waals surface area contributed by atoms with Gasteiger partial charge >= 0.3 is 0 Å². The number of amides is 1. The Kier molecular flexibility index (Phi) is 5.56. The molecular formula is C12H22ClNO2. The third-order valence-corrected chi connectivity index (χ3v) is 3.10. The van der Waals surface area contributed by atoms with Crippen LogP contribution >= 0.6 is 11.6 Å². The number of hydrogen-bond donors (Lipinski definition) is 1. The van der Waals surface area contributed by atoms with Crippen LogP contribution in [0.4, 0.5) is 0 Å². The van der Waals surface area contributed by atoms with Gasteiger partial charge in [0.1, 0.15) is 0 Å². The summed E-state index contributed by atoms with van der Waals surface area (Å²) in [6, 6.07) is 0. The van der Waals surface area contributed by atoms with E-state index in [-0.39, 0.29) is 11.4 Å². The Morgan fingerprint density at radius 3 is 2.88 bits per heavy atom. The zero-order valence-electron chi connectivity index (χ0n) is 10.2. The van der Waals surface area contributed by atoms with Crippen LogP contribution in [0.2, 0.25) is 0 Å². The molecule has 16 heavy (non-hydrogen) atoms. The van der Waals surface area contributed by atoms with Gasteiger partial charge in [0, 0.05) is 24.4 Å². The quantitative estimate of drug-likeness (QED) is 0.733. The van der Waals surface area contributed by atoms with Gasteiger partial charge in [0.05, 0.1) is 6.10 Å². The molecule has 0 spiro atoms. The van der Waals surface area contributed by atoms with Gasteiger partial charge in [0.2, 0.25) is 5.91 Å². The maximum atomic E-state index is 11.7. The van der Waals surface area contributed by atoms with E-state index in [1.807, 2.05) is 13.8 Å². The highest BCUT2D eigenvalue weighted by molar-refractivity contribution is 6.17. The lowest BCUT2D eigenvalue weighted by Crippen LogP contribution is -2.43. The summed E-state index contributed by atoms with van der Waals surface area (Å²) in [5, 5.41) is 3.00. The number of carbonyl (C=O) groups excluding carboxylic acids is 1. The maximum absolute atomic E-state index is 11.7. The Balaban J connectivity index is 2.19. The largest absolute Gasteiger partial charge is 0.378 e. The van der Waals surface area contributed by atoms with Crippen LogP contribution in [0.1, 0.15) is 46.0 Å². The van der Waals surface area contributed by atoms with Crippen LogP contribution in [0.15, 0.2) is 0 Å². The van der Waals surface area contributed by atoms with Crippen molar-refractivity contribution in [2.24, 2.45) is 0 Å². The van der Waals surface area contributed by atoms with Crippen molar-refractivity contribution in [2.75, 3.05) is 12.5 Å². The average Bonchev–Trinajstić information content (AvgIpc) is 2.66. The first kappa shape index (κ1) is 13.8. The molecule has 0 aromatic rings. The molecular weight excluding hydrogens is 226 g/mol. The molecule has 1 atom stereocenters. The highest BCUT2D eigenvalue weighted by Gasteiger charge is 2.21. The Labute approximate surface area is 103 Å². The van der Waals surface area contributed by atoms with E-state index < -0.39 is 0 Å². The minimum Gasteiger partial charge on any atom is -0.378 e. The fraction of sp³-hybridized carbons (Fsp3) is 0.917. The molecule has 0 saturated carbocycles. The van der Waals surface area contributed by atoms with Gasteiger partial charge < -0.3 is 10.1 Å². The second kappa shape index (κ2) is 6.45. The number of rotatable bonds is 6. The summed E-state index contributed by atoms with van der Waals surface area (Å²) in [6.45, 7) is 4.85. The van der Waals surface area contributed by atoms with Crippen molar-refractivity contribution in [1.82, 2.24) is 5.32 Å². The van der Waals surface area contributed by atoms with Crippen LogP contribution in [-0.4, -0.2) is 30.0 Å². The monoisotopic (exact) mass is 247 g/mol. The first-order valence-corrected chi connectivity index (χ1v) is 6.55. The van der Waals surface area contributed by atoms with Gasteiger partial charge in [-0.3, -0.25) is 4.79 Å². The standard InChI is InChI=1S/C12H22ClNO2/c1-12(2,7-8-13)14-11(15)6-5-10-4-3-9-16-10/h10H,3-9H2,1-2H3,(H,14,15). The third-order valence-electron chi connectivity index (χ3n) is 2.91. The van der Waals surface area contributed by atoms with Gasteiger partial charge in [-0.05, 0) is 39.5 Å². The zero-order valence-corrected chi connectivity index (χ0v) is 11.0. The van der Waals surface area contributed by atoms with Crippen molar-refractivity contribution >= 4 is 17.5 Å². The topological polar surface area (TPSA) is 38.3 Å². The minimum absolute atomic E-state index is 0.102. The van der Waals surface area contributed by atoms with E-state index in [0.29, 0.717) is 18.4 Å². The predicted molar refractivity (Wildman–Crippen MR) is 65.8 cm³/mol. The van der Waals surface area contributed by atoms with E-state index >= 15 is 0 Å². The van der Waals surface area contributed by atoms with E-state index in [0.717, 1.165) is 32.3 Å². The molecule has 0 aliphatic carbocycles. The summed E-state index contributed by atoms with van der Waals surface area (Å²) in [5.74, 6) is 0.671. The Bertz CT molecular complexity index is 225. The third kappa shape index (κ3) is 5.17. The van der Waals surface area contributed by atoms with E-state index in [9.17, 15) is 4.79 Å². The lowest BCUT2D eigenvalue weighted by Gasteiger charge is -2.25. The van der Waals surface area contributed by atoms with Gasteiger partial charge in [0.15, 0.2) is 0 Å². The normalized spacial score (nSPS) is 21.1. The number of nitrogens with one attached hydrogen (secondary N) is 1. The average molecular weight is 248 g/mol. The highest BCUT2D eigenvalue weighted by atomic mass is 35.5. The molecule has 0 aromatic carbocycles. The van der Waals surface area contributed by atoms with Crippen molar-refractivity contribution in [2.45, 2.75) is 57.6 Å². The first-order chi connectivity index (χ1) is 7.53. The Morgan fingerprint density at radius 2 is 2.31 bits per heavy atom. The van der Waals surface area contributed by atoms with Crippen LogP contribution < -0.4 is 5.32 Å². The molecule has 1 aliphatic rings. The number of ether oxygens (including phenoxy) is 1. The lowest BCUT2D eigenvalue weighted by molar-refractivity contribution is -0.123. The molecule has 1 saturated heterocycles. The maximum Gasteiger partial charge on any atom is 0.220 e.